The van der Waals surface area contributed by atoms with Crippen molar-refractivity contribution in [1.82, 2.24) is 0 Å². The van der Waals surface area contributed by atoms with Crippen LogP contribution in [0.25, 0.3) is 0 Å². The van der Waals surface area contributed by atoms with Crippen LogP contribution < -0.4 is 0 Å². The maximum atomic E-state index is 11.8. The molecule has 13 heavy (non-hydrogen) atoms. The molecule has 0 spiro atoms. The first kappa shape index (κ1) is 11.8. The molecular formula is C5H2F6O2. The molecule has 0 amide bonds. The quantitative estimate of drug-likeness (QED) is 0.557. The second-order valence-corrected chi connectivity index (χ2v) is 1.92. The molecule has 0 aromatic heterocycles. The number of carboxylic acid groups (broad SMARTS) is 1. The number of aliphatic carboxylic acids is 1. The molecular weight excluding hydrogens is 206 g/mol. The van der Waals surface area contributed by atoms with E-state index < -0.39 is 30.0 Å². The van der Waals surface area contributed by atoms with Crippen molar-refractivity contribution in [2.75, 3.05) is 0 Å². The van der Waals surface area contributed by atoms with Gasteiger partial charge in [0.15, 0.2) is 0 Å². The molecule has 76 valence electrons. The fraction of sp³-hybridized carbons (Fsp3) is 0.400. The zero-order valence-electron chi connectivity index (χ0n) is 5.70. The largest absolute Gasteiger partial charge is 0.476 e. The van der Waals surface area contributed by atoms with Crippen molar-refractivity contribution in [1.29, 1.82) is 0 Å². The Kier molecular flexibility index (Phi) is 2.96. The second kappa shape index (κ2) is 3.27. The molecule has 0 saturated carbocycles. The van der Waals surface area contributed by atoms with Crippen LogP contribution in [0, 0.1) is 0 Å². The summed E-state index contributed by atoms with van der Waals surface area (Å²) in [4.78, 5) is 9.56. The van der Waals surface area contributed by atoms with Gasteiger partial charge < -0.3 is 5.11 Å². The van der Waals surface area contributed by atoms with E-state index in [1.807, 2.05) is 0 Å². The predicted octanol–water partition coefficient (Wildman–Crippen LogP) is 2.12. The fourth-order valence-electron chi connectivity index (χ4n) is 0.303. The number of allylic oxidation sites excluding steroid dienone is 1. The monoisotopic (exact) mass is 208 g/mol. The van der Waals surface area contributed by atoms with Crippen LogP contribution in [-0.4, -0.2) is 23.2 Å². The zero-order chi connectivity index (χ0) is 10.9. The third kappa shape index (κ3) is 2.96. The number of halogens is 6. The fourth-order valence-corrected chi connectivity index (χ4v) is 0.303. The summed E-state index contributed by atoms with van der Waals surface area (Å²) in [5.74, 6) is -10.5. The van der Waals surface area contributed by atoms with Crippen LogP contribution in [0.15, 0.2) is 11.9 Å². The molecule has 0 bridgehead atoms. The topological polar surface area (TPSA) is 37.3 Å². The van der Waals surface area contributed by atoms with E-state index >= 15 is 0 Å². The summed E-state index contributed by atoms with van der Waals surface area (Å²) >= 11 is 0. The lowest BCUT2D eigenvalue weighted by atomic mass is 10.3. The van der Waals surface area contributed by atoms with Crippen LogP contribution in [0.5, 0.6) is 0 Å². The van der Waals surface area contributed by atoms with E-state index in [1.54, 1.807) is 0 Å². The molecule has 0 aromatic carbocycles. The molecule has 0 saturated heterocycles. The van der Waals surface area contributed by atoms with Gasteiger partial charge in [0, 0.05) is 6.08 Å². The van der Waals surface area contributed by atoms with Gasteiger partial charge in [-0.1, -0.05) is 0 Å². The maximum Gasteiger partial charge on any atom is 0.457 e. The number of hydrogen-bond donors (Lipinski definition) is 1. The standard InChI is InChI=1S/C5H2F6O2/c6-2(3(12)13)1-4(7,8)5(9,10)11/h1H,(H,12,13)/b2-1-. The van der Waals surface area contributed by atoms with Crippen molar-refractivity contribution in [3.05, 3.63) is 11.9 Å². The minimum absolute atomic E-state index is 1.30. The van der Waals surface area contributed by atoms with E-state index in [2.05, 4.69) is 0 Å². The highest BCUT2D eigenvalue weighted by Crippen LogP contribution is 2.37. The van der Waals surface area contributed by atoms with E-state index in [-0.39, 0.29) is 0 Å². The smallest absolute Gasteiger partial charge is 0.457 e. The summed E-state index contributed by atoms with van der Waals surface area (Å²) in [6, 6.07) is 0. The van der Waals surface area contributed by atoms with Crippen molar-refractivity contribution in [2.45, 2.75) is 12.1 Å². The molecule has 0 heterocycles. The lowest BCUT2D eigenvalue weighted by molar-refractivity contribution is -0.259. The summed E-state index contributed by atoms with van der Waals surface area (Å²) in [7, 11) is 0. The Balaban J connectivity index is 4.89. The summed E-state index contributed by atoms with van der Waals surface area (Å²) in [5, 5.41) is 7.67. The molecule has 0 rings (SSSR count). The van der Waals surface area contributed by atoms with Gasteiger partial charge in [-0.25, -0.2) is 4.79 Å². The van der Waals surface area contributed by atoms with E-state index in [0.29, 0.717) is 0 Å². The molecule has 0 fully saturated rings. The van der Waals surface area contributed by atoms with Crippen molar-refractivity contribution in [2.24, 2.45) is 0 Å². The van der Waals surface area contributed by atoms with Crippen molar-refractivity contribution in [3.8, 4) is 0 Å². The number of carbonyl (C=O) groups is 1. The lowest BCUT2D eigenvalue weighted by Crippen LogP contribution is -2.34. The Morgan fingerprint density at radius 1 is 1.15 bits per heavy atom. The first-order valence-corrected chi connectivity index (χ1v) is 2.64. The molecule has 0 radical (unpaired) electrons. The SMILES string of the molecule is O=C(O)/C(F)=C/C(F)(F)C(F)(F)F. The summed E-state index contributed by atoms with van der Waals surface area (Å²) in [6.45, 7) is 0. The van der Waals surface area contributed by atoms with Crippen LogP contribution >= 0.6 is 0 Å². The molecule has 1 N–H and O–H groups in total. The molecule has 0 aliphatic carbocycles. The average molecular weight is 208 g/mol. The molecule has 0 aromatic rings. The van der Waals surface area contributed by atoms with Gasteiger partial charge in [0.1, 0.15) is 0 Å². The second-order valence-electron chi connectivity index (χ2n) is 1.92. The Hall–Kier alpha value is -1.21. The highest BCUT2D eigenvalue weighted by atomic mass is 19.4. The molecule has 0 aliphatic rings. The Bertz CT molecular complexity index is 240. The Morgan fingerprint density at radius 2 is 1.54 bits per heavy atom. The van der Waals surface area contributed by atoms with Gasteiger partial charge in [-0.05, 0) is 0 Å². The van der Waals surface area contributed by atoms with Crippen LogP contribution in [0.1, 0.15) is 0 Å². The van der Waals surface area contributed by atoms with E-state index in [4.69, 9.17) is 5.11 Å². The zero-order valence-corrected chi connectivity index (χ0v) is 5.70. The molecule has 0 unspecified atom stereocenters. The van der Waals surface area contributed by atoms with Crippen LogP contribution in [0.3, 0.4) is 0 Å². The van der Waals surface area contributed by atoms with Crippen LogP contribution in [0.2, 0.25) is 0 Å². The average Bonchev–Trinajstić information content (AvgIpc) is 1.83. The Labute approximate surface area is 67.5 Å². The van der Waals surface area contributed by atoms with Gasteiger partial charge in [0.2, 0.25) is 5.83 Å². The number of alkyl halides is 5. The third-order valence-electron chi connectivity index (χ3n) is 0.890. The summed E-state index contributed by atoms with van der Waals surface area (Å²) in [6.07, 6.45) is -7.30. The normalized spacial score (nSPS) is 14.5. The summed E-state index contributed by atoms with van der Waals surface area (Å²) in [5.41, 5.74) is 0. The Morgan fingerprint density at radius 3 is 1.77 bits per heavy atom. The highest BCUT2D eigenvalue weighted by Gasteiger charge is 2.56. The van der Waals surface area contributed by atoms with Crippen molar-refractivity contribution < 1.29 is 36.2 Å². The number of rotatable bonds is 2. The van der Waals surface area contributed by atoms with Crippen molar-refractivity contribution >= 4 is 5.97 Å². The van der Waals surface area contributed by atoms with Gasteiger partial charge in [-0.15, -0.1) is 0 Å². The maximum absolute atomic E-state index is 11.8. The van der Waals surface area contributed by atoms with Crippen LogP contribution in [0.4, 0.5) is 26.3 Å². The van der Waals surface area contributed by atoms with Crippen LogP contribution in [-0.2, 0) is 4.79 Å². The number of hydrogen-bond acceptors (Lipinski definition) is 1. The van der Waals surface area contributed by atoms with E-state index in [1.165, 1.54) is 0 Å². The number of carboxylic acids is 1. The first-order valence-electron chi connectivity index (χ1n) is 2.64. The molecule has 0 atom stereocenters. The highest BCUT2D eigenvalue weighted by molar-refractivity contribution is 5.84. The van der Waals surface area contributed by atoms with Crippen molar-refractivity contribution in [3.63, 3.8) is 0 Å². The van der Waals surface area contributed by atoms with Gasteiger partial charge in [-0.3, -0.25) is 0 Å². The van der Waals surface area contributed by atoms with E-state index in [0.717, 1.165) is 0 Å². The molecule has 0 aliphatic heterocycles. The third-order valence-corrected chi connectivity index (χ3v) is 0.890. The molecule has 8 heteroatoms. The minimum atomic E-state index is -6.00. The van der Waals surface area contributed by atoms with Gasteiger partial charge in [0.05, 0.1) is 0 Å². The van der Waals surface area contributed by atoms with Gasteiger partial charge >= 0.3 is 18.1 Å². The van der Waals surface area contributed by atoms with Gasteiger partial charge in [-0.2, -0.15) is 26.3 Å². The molecule has 2 nitrogen and oxygen atoms in total. The first-order chi connectivity index (χ1) is 5.58. The lowest BCUT2D eigenvalue weighted by Gasteiger charge is -2.14. The van der Waals surface area contributed by atoms with Gasteiger partial charge in [0.25, 0.3) is 0 Å². The summed E-state index contributed by atoms with van der Waals surface area (Å²) < 4.78 is 69.4. The van der Waals surface area contributed by atoms with E-state index in [9.17, 15) is 31.1 Å². The minimum Gasteiger partial charge on any atom is -0.476 e. The predicted molar refractivity (Wildman–Crippen MR) is 27.8 cm³/mol.